The molecule has 5 nitrogen and oxygen atoms in total. The molecule has 6 heteroatoms. The van der Waals surface area contributed by atoms with Gasteiger partial charge in [-0.3, -0.25) is 9.89 Å². The molecule has 0 spiro atoms. The molecule has 2 aromatic rings. The summed E-state index contributed by atoms with van der Waals surface area (Å²) < 4.78 is 10.4. The van der Waals surface area contributed by atoms with Gasteiger partial charge in [0, 0.05) is 6.07 Å². The third kappa shape index (κ3) is 2.57. The molecule has 0 aliphatic carbocycles. The van der Waals surface area contributed by atoms with Crippen molar-refractivity contribution in [1.29, 1.82) is 0 Å². The van der Waals surface area contributed by atoms with Crippen molar-refractivity contribution in [3.8, 4) is 17.4 Å². The number of hydrogen-bond donors (Lipinski definition) is 1. The number of nitrogens with one attached hydrogen (secondary N) is 1. The molecule has 0 amide bonds. The van der Waals surface area contributed by atoms with Crippen LogP contribution in [0.5, 0.6) is 17.4 Å². The molecule has 1 aromatic carbocycles. The first-order valence-corrected chi connectivity index (χ1v) is 5.14. The summed E-state index contributed by atoms with van der Waals surface area (Å²) in [6.07, 6.45) is 0. The molecule has 0 radical (unpaired) electrons. The van der Waals surface area contributed by atoms with Crippen molar-refractivity contribution in [1.82, 2.24) is 10.2 Å². The summed E-state index contributed by atoms with van der Waals surface area (Å²) in [7, 11) is 1.52. The lowest BCUT2D eigenvalue weighted by atomic mass is 10.3. The predicted octanol–water partition coefficient (Wildman–Crippen LogP) is 2.22. The highest BCUT2D eigenvalue weighted by atomic mass is 35.5. The molecule has 88 valence electrons. The maximum atomic E-state index is 11.5. The normalized spacial score (nSPS) is 10.0. The Kier molecular flexibility index (Phi) is 3.30. The zero-order valence-electron chi connectivity index (χ0n) is 8.94. The second kappa shape index (κ2) is 4.88. The summed E-state index contributed by atoms with van der Waals surface area (Å²) in [5, 5.41) is 6.30. The highest BCUT2D eigenvalue weighted by Gasteiger charge is 2.08. The third-order valence-electron chi connectivity index (χ3n) is 2.01. The van der Waals surface area contributed by atoms with E-state index in [1.807, 2.05) is 0 Å². The number of nitrogens with zero attached hydrogens (tertiary/aromatic N) is 1. The lowest BCUT2D eigenvalue weighted by molar-refractivity contribution is 0.371. The van der Waals surface area contributed by atoms with Crippen LogP contribution in [0, 0.1) is 0 Å². The van der Waals surface area contributed by atoms with Gasteiger partial charge in [0.15, 0.2) is 11.5 Å². The standard InChI is InChI=1S/C11H9ClN2O3/c1-16-8-4-2-3-5-9(8)17-11-7(15)6-10(12)13-14-11/h2-6H,1H3,(H,13,15). The number of aromatic amines is 1. The highest BCUT2D eigenvalue weighted by Crippen LogP contribution is 2.28. The molecule has 1 N–H and O–H groups in total. The zero-order valence-corrected chi connectivity index (χ0v) is 9.69. The van der Waals surface area contributed by atoms with Crippen LogP contribution in [0.1, 0.15) is 0 Å². The van der Waals surface area contributed by atoms with Gasteiger partial charge in [-0.05, 0) is 12.1 Å². The lowest BCUT2D eigenvalue weighted by Crippen LogP contribution is -2.07. The van der Waals surface area contributed by atoms with Gasteiger partial charge in [-0.25, -0.2) is 0 Å². The molecule has 0 aliphatic heterocycles. The van der Waals surface area contributed by atoms with E-state index in [4.69, 9.17) is 21.1 Å². The van der Waals surface area contributed by atoms with E-state index in [0.29, 0.717) is 11.5 Å². The van der Waals surface area contributed by atoms with Crippen LogP contribution >= 0.6 is 11.6 Å². The minimum absolute atomic E-state index is 0.0844. The Morgan fingerprint density at radius 3 is 2.65 bits per heavy atom. The summed E-state index contributed by atoms with van der Waals surface area (Å²) in [5.74, 6) is 0.845. The lowest BCUT2D eigenvalue weighted by Gasteiger charge is -2.07. The third-order valence-corrected chi connectivity index (χ3v) is 2.20. The molecule has 0 fully saturated rings. The van der Waals surface area contributed by atoms with E-state index < -0.39 is 5.43 Å². The minimum Gasteiger partial charge on any atom is -0.493 e. The molecular weight excluding hydrogens is 244 g/mol. The molecule has 0 unspecified atom stereocenters. The van der Waals surface area contributed by atoms with Crippen molar-refractivity contribution < 1.29 is 9.47 Å². The first-order chi connectivity index (χ1) is 8.20. The topological polar surface area (TPSA) is 64.2 Å². The summed E-state index contributed by atoms with van der Waals surface area (Å²) in [6.45, 7) is 0. The van der Waals surface area contributed by atoms with Crippen molar-refractivity contribution in [3.05, 3.63) is 45.7 Å². The van der Waals surface area contributed by atoms with E-state index in [1.165, 1.54) is 13.2 Å². The van der Waals surface area contributed by atoms with Gasteiger partial charge < -0.3 is 9.47 Å². The van der Waals surface area contributed by atoms with Crippen LogP contribution in [-0.4, -0.2) is 17.3 Å². The number of H-pyrrole nitrogens is 1. The number of hydrogen-bond acceptors (Lipinski definition) is 4. The van der Waals surface area contributed by atoms with E-state index in [9.17, 15) is 4.79 Å². The number of methoxy groups -OCH3 is 1. The van der Waals surface area contributed by atoms with E-state index >= 15 is 0 Å². The van der Waals surface area contributed by atoms with Crippen LogP contribution in [0.2, 0.25) is 5.15 Å². The number of benzene rings is 1. The maximum absolute atomic E-state index is 11.5. The zero-order chi connectivity index (χ0) is 12.3. The van der Waals surface area contributed by atoms with Gasteiger partial charge in [-0.15, -0.1) is 5.10 Å². The van der Waals surface area contributed by atoms with Crippen LogP contribution in [-0.2, 0) is 0 Å². The summed E-state index contributed by atoms with van der Waals surface area (Å²) in [4.78, 5) is 11.5. The van der Waals surface area contributed by atoms with E-state index in [0.717, 1.165) is 0 Å². The van der Waals surface area contributed by atoms with Crippen LogP contribution in [0.4, 0.5) is 0 Å². The monoisotopic (exact) mass is 252 g/mol. The van der Waals surface area contributed by atoms with Gasteiger partial charge in [-0.1, -0.05) is 23.7 Å². The van der Waals surface area contributed by atoms with Crippen molar-refractivity contribution in [2.45, 2.75) is 0 Å². The van der Waals surface area contributed by atoms with Crippen LogP contribution in [0.25, 0.3) is 0 Å². The summed E-state index contributed by atoms with van der Waals surface area (Å²) in [6, 6.07) is 8.15. The molecule has 0 bridgehead atoms. The molecule has 0 aliphatic rings. The quantitative estimate of drug-likeness (QED) is 0.910. The molecule has 0 saturated heterocycles. The van der Waals surface area contributed by atoms with Crippen LogP contribution in [0.3, 0.4) is 0 Å². The Bertz CT molecular complexity index is 583. The Balaban J connectivity index is 2.35. The molecular formula is C11H9ClN2O3. The molecule has 2 rings (SSSR count). The van der Waals surface area contributed by atoms with Gasteiger partial charge in [0.1, 0.15) is 5.15 Å². The average Bonchev–Trinajstić information content (AvgIpc) is 2.33. The average molecular weight is 253 g/mol. The van der Waals surface area contributed by atoms with E-state index in [-0.39, 0.29) is 11.0 Å². The Morgan fingerprint density at radius 2 is 2.00 bits per heavy atom. The number of ether oxygens (including phenoxy) is 2. The first kappa shape index (κ1) is 11.5. The number of rotatable bonds is 3. The van der Waals surface area contributed by atoms with Crippen molar-refractivity contribution >= 4 is 11.6 Å². The van der Waals surface area contributed by atoms with E-state index in [2.05, 4.69) is 10.2 Å². The number of halogens is 1. The van der Waals surface area contributed by atoms with Gasteiger partial charge >= 0.3 is 0 Å². The molecule has 0 atom stereocenters. The number of para-hydroxylation sites is 2. The largest absolute Gasteiger partial charge is 0.493 e. The molecule has 1 heterocycles. The molecule has 17 heavy (non-hydrogen) atoms. The predicted molar refractivity (Wildman–Crippen MR) is 62.9 cm³/mol. The van der Waals surface area contributed by atoms with E-state index in [1.54, 1.807) is 24.3 Å². The Hall–Kier alpha value is -2.01. The second-order valence-electron chi connectivity index (χ2n) is 3.14. The molecule has 0 saturated carbocycles. The smallest absolute Gasteiger partial charge is 0.285 e. The summed E-state index contributed by atoms with van der Waals surface area (Å²) >= 11 is 5.58. The van der Waals surface area contributed by atoms with Crippen molar-refractivity contribution in [2.75, 3.05) is 7.11 Å². The summed E-state index contributed by atoms with van der Waals surface area (Å²) in [5.41, 5.74) is -0.403. The minimum atomic E-state index is -0.403. The fourth-order valence-corrected chi connectivity index (χ4v) is 1.39. The van der Waals surface area contributed by atoms with Crippen LogP contribution in [0.15, 0.2) is 35.1 Å². The van der Waals surface area contributed by atoms with Gasteiger partial charge in [0.05, 0.1) is 7.11 Å². The second-order valence-corrected chi connectivity index (χ2v) is 3.55. The molecule has 1 aromatic heterocycles. The maximum Gasteiger partial charge on any atom is 0.285 e. The van der Waals surface area contributed by atoms with Crippen molar-refractivity contribution in [3.63, 3.8) is 0 Å². The van der Waals surface area contributed by atoms with Gasteiger partial charge in [0.2, 0.25) is 5.43 Å². The Labute approximate surface area is 102 Å². The number of aromatic nitrogens is 2. The van der Waals surface area contributed by atoms with Gasteiger partial charge in [-0.2, -0.15) is 0 Å². The fraction of sp³-hybridized carbons (Fsp3) is 0.0909. The SMILES string of the molecule is COc1ccccc1Oc1n[nH]c(Cl)cc1=O. The van der Waals surface area contributed by atoms with Gasteiger partial charge in [0.25, 0.3) is 5.88 Å². The Morgan fingerprint density at radius 1 is 1.29 bits per heavy atom. The fourth-order valence-electron chi connectivity index (χ4n) is 1.25. The first-order valence-electron chi connectivity index (χ1n) is 4.77. The van der Waals surface area contributed by atoms with Crippen molar-refractivity contribution in [2.24, 2.45) is 0 Å². The highest BCUT2D eigenvalue weighted by molar-refractivity contribution is 6.29. The van der Waals surface area contributed by atoms with Crippen LogP contribution < -0.4 is 14.9 Å².